The lowest BCUT2D eigenvalue weighted by Crippen LogP contribution is -1.79. The number of aromatic nitrogens is 2. The van der Waals surface area contributed by atoms with Crippen molar-refractivity contribution in [2.75, 3.05) is 0 Å². The van der Waals surface area contributed by atoms with Crippen molar-refractivity contribution >= 4 is 12.8 Å². The predicted octanol–water partition coefficient (Wildman–Crippen LogP) is 1.19. The minimum atomic E-state index is 0.936. The van der Waals surface area contributed by atoms with Crippen LogP contribution in [-0.4, -0.2) is 8.96 Å². The van der Waals surface area contributed by atoms with Gasteiger partial charge in [-0.2, -0.15) is 0 Å². The molecule has 0 saturated carbocycles. The molecule has 8 heavy (non-hydrogen) atoms. The molecule has 44 valence electrons. The molecule has 0 atom stereocenters. The van der Waals surface area contributed by atoms with Gasteiger partial charge < -0.3 is 0 Å². The van der Waals surface area contributed by atoms with Gasteiger partial charge in [0.2, 0.25) is 0 Å². The van der Waals surface area contributed by atoms with E-state index in [1.54, 1.807) is 3.97 Å². The Morgan fingerprint density at radius 3 is 2.38 bits per heavy atom. The van der Waals surface area contributed by atoms with Gasteiger partial charge in [0.1, 0.15) is 5.82 Å². The van der Waals surface area contributed by atoms with E-state index in [1.807, 2.05) is 20.0 Å². The van der Waals surface area contributed by atoms with E-state index >= 15 is 0 Å². The third kappa shape index (κ3) is 0.865. The summed E-state index contributed by atoms with van der Waals surface area (Å²) < 4.78 is 1.70. The van der Waals surface area contributed by atoms with Crippen LogP contribution in [0.15, 0.2) is 6.20 Å². The first-order valence-electron chi connectivity index (χ1n) is 2.42. The summed E-state index contributed by atoms with van der Waals surface area (Å²) in [5.41, 5.74) is 1.01. The molecule has 1 aromatic rings. The minimum Gasteiger partial charge on any atom is -0.280 e. The number of imidazole rings is 1. The molecule has 0 fully saturated rings. The minimum absolute atomic E-state index is 0.936. The third-order valence-corrected chi connectivity index (χ3v) is 1.38. The van der Waals surface area contributed by atoms with Crippen LogP contribution < -0.4 is 0 Å². The molecule has 3 heteroatoms. The van der Waals surface area contributed by atoms with Gasteiger partial charge in [0.05, 0.1) is 5.69 Å². The number of nitrogens with zero attached hydrogens (tertiary/aromatic N) is 2. The highest BCUT2D eigenvalue weighted by Crippen LogP contribution is 2.00. The molecule has 1 heterocycles. The van der Waals surface area contributed by atoms with Crippen LogP contribution in [0.4, 0.5) is 0 Å². The molecule has 0 amide bonds. The predicted molar refractivity (Wildman–Crippen MR) is 36.1 cm³/mol. The van der Waals surface area contributed by atoms with Gasteiger partial charge in [-0.05, 0) is 13.8 Å². The molecule has 0 aliphatic carbocycles. The van der Waals surface area contributed by atoms with E-state index in [1.165, 1.54) is 0 Å². The zero-order chi connectivity index (χ0) is 6.15. The Bertz CT molecular complexity index is 173. The fraction of sp³-hybridized carbons (Fsp3) is 0.400. The average Bonchev–Trinajstić information content (AvgIpc) is 1.85. The Balaban J connectivity index is 3.14. The van der Waals surface area contributed by atoms with E-state index in [-0.39, 0.29) is 0 Å². The second-order valence-electron chi connectivity index (χ2n) is 1.77. The highest BCUT2D eigenvalue weighted by atomic mass is 32.1. The summed E-state index contributed by atoms with van der Waals surface area (Å²) in [6, 6.07) is 0. The molecule has 0 saturated heterocycles. The van der Waals surface area contributed by atoms with Crippen molar-refractivity contribution in [1.82, 2.24) is 8.96 Å². The van der Waals surface area contributed by atoms with E-state index in [4.69, 9.17) is 0 Å². The van der Waals surface area contributed by atoms with Crippen molar-refractivity contribution in [2.24, 2.45) is 0 Å². The number of hydrogen-bond donors (Lipinski definition) is 1. The number of rotatable bonds is 0. The molecular formula is C5H8N2S. The Morgan fingerprint density at radius 2 is 2.25 bits per heavy atom. The Labute approximate surface area is 54.1 Å². The Hall–Kier alpha value is -0.440. The van der Waals surface area contributed by atoms with Crippen LogP contribution in [0, 0.1) is 13.8 Å². The Morgan fingerprint density at radius 1 is 1.62 bits per heavy atom. The summed E-state index contributed by atoms with van der Waals surface area (Å²) in [4.78, 5) is 4.10. The summed E-state index contributed by atoms with van der Waals surface area (Å²) in [6.07, 6.45) is 1.87. The molecule has 0 unspecified atom stereocenters. The third-order valence-electron chi connectivity index (χ3n) is 0.979. The van der Waals surface area contributed by atoms with Crippen LogP contribution in [0.2, 0.25) is 0 Å². The monoisotopic (exact) mass is 128 g/mol. The molecule has 0 radical (unpaired) electrons. The first-order chi connectivity index (χ1) is 3.70. The maximum atomic E-state index is 4.10. The van der Waals surface area contributed by atoms with Crippen molar-refractivity contribution in [1.29, 1.82) is 0 Å². The normalized spacial score (nSPS) is 9.88. The topological polar surface area (TPSA) is 17.8 Å². The second-order valence-corrected chi connectivity index (χ2v) is 2.21. The first-order valence-corrected chi connectivity index (χ1v) is 2.82. The fourth-order valence-corrected chi connectivity index (χ4v) is 0.818. The van der Waals surface area contributed by atoms with Crippen molar-refractivity contribution in [3.8, 4) is 0 Å². The molecule has 0 N–H and O–H groups in total. The molecule has 1 aromatic heterocycles. The molecule has 0 aliphatic rings. The maximum Gasteiger partial charge on any atom is 0.115 e. The number of aryl methyl sites for hydroxylation is 2. The van der Waals surface area contributed by atoms with Gasteiger partial charge in [-0.3, -0.25) is 3.97 Å². The molecular weight excluding hydrogens is 120 g/mol. The number of hydrogen-bond acceptors (Lipinski definition) is 2. The van der Waals surface area contributed by atoms with Crippen molar-refractivity contribution in [3.63, 3.8) is 0 Å². The van der Waals surface area contributed by atoms with Crippen LogP contribution in [0.5, 0.6) is 0 Å². The van der Waals surface area contributed by atoms with E-state index < -0.39 is 0 Å². The summed E-state index contributed by atoms with van der Waals surface area (Å²) in [7, 11) is 0. The summed E-state index contributed by atoms with van der Waals surface area (Å²) in [5.74, 6) is 0.936. The van der Waals surface area contributed by atoms with E-state index in [0.717, 1.165) is 11.5 Å². The summed E-state index contributed by atoms with van der Waals surface area (Å²) in [6.45, 7) is 3.86. The van der Waals surface area contributed by atoms with E-state index in [9.17, 15) is 0 Å². The zero-order valence-corrected chi connectivity index (χ0v) is 5.81. The van der Waals surface area contributed by atoms with Crippen LogP contribution >= 0.6 is 12.8 Å². The van der Waals surface area contributed by atoms with Gasteiger partial charge in [0.15, 0.2) is 0 Å². The molecule has 2 nitrogen and oxygen atoms in total. The second kappa shape index (κ2) is 1.82. The standard InChI is InChI=1S/C5H8N2S/c1-4-3-7(8)5(2)6-4/h3,8H,1-2H3. The van der Waals surface area contributed by atoms with Crippen molar-refractivity contribution < 1.29 is 0 Å². The lowest BCUT2D eigenvalue weighted by Gasteiger charge is -1.85. The van der Waals surface area contributed by atoms with E-state index in [2.05, 4.69) is 17.8 Å². The largest absolute Gasteiger partial charge is 0.280 e. The van der Waals surface area contributed by atoms with Gasteiger partial charge in [0, 0.05) is 6.20 Å². The van der Waals surface area contributed by atoms with Crippen LogP contribution in [0.1, 0.15) is 11.5 Å². The van der Waals surface area contributed by atoms with E-state index in [0.29, 0.717) is 0 Å². The fourth-order valence-electron chi connectivity index (χ4n) is 0.606. The SMILES string of the molecule is Cc1cn(S)c(C)n1. The lowest BCUT2D eigenvalue weighted by atomic mass is 10.6. The van der Waals surface area contributed by atoms with Crippen molar-refractivity contribution in [3.05, 3.63) is 17.7 Å². The van der Waals surface area contributed by atoms with Gasteiger partial charge >= 0.3 is 0 Å². The molecule has 0 bridgehead atoms. The molecule has 0 spiro atoms. The van der Waals surface area contributed by atoms with Crippen molar-refractivity contribution in [2.45, 2.75) is 13.8 Å². The highest BCUT2D eigenvalue weighted by Gasteiger charge is 1.92. The molecule has 0 aliphatic heterocycles. The molecule has 0 aromatic carbocycles. The zero-order valence-electron chi connectivity index (χ0n) is 4.92. The van der Waals surface area contributed by atoms with Crippen LogP contribution in [0.25, 0.3) is 0 Å². The van der Waals surface area contributed by atoms with Gasteiger partial charge in [-0.1, -0.05) is 12.8 Å². The van der Waals surface area contributed by atoms with Gasteiger partial charge in [-0.25, -0.2) is 4.98 Å². The molecule has 1 rings (SSSR count). The van der Waals surface area contributed by atoms with Gasteiger partial charge in [0.25, 0.3) is 0 Å². The summed E-state index contributed by atoms with van der Waals surface area (Å²) >= 11 is 4.07. The lowest BCUT2D eigenvalue weighted by molar-refractivity contribution is 1.09. The Kier molecular flexibility index (Phi) is 1.29. The smallest absolute Gasteiger partial charge is 0.115 e. The maximum absolute atomic E-state index is 4.10. The van der Waals surface area contributed by atoms with Crippen LogP contribution in [-0.2, 0) is 0 Å². The number of thiol groups is 1. The first kappa shape index (κ1) is 5.69. The van der Waals surface area contributed by atoms with Gasteiger partial charge in [-0.15, -0.1) is 0 Å². The average molecular weight is 128 g/mol. The highest BCUT2D eigenvalue weighted by molar-refractivity contribution is 7.78. The quantitative estimate of drug-likeness (QED) is 0.520. The summed E-state index contributed by atoms with van der Waals surface area (Å²) in [5, 5.41) is 0. The van der Waals surface area contributed by atoms with Crippen LogP contribution in [0.3, 0.4) is 0 Å².